The van der Waals surface area contributed by atoms with Crippen LogP contribution in [0.25, 0.3) is 17.1 Å². The van der Waals surface area contributed by atoms with Crippen LogP contribution < -0.4 is 0 Å². The highest BCUT2D eigenvalue weighted by molar-refractivity contribution is 6.31. The Hall–Kier alpha value is -3.54. The van der Waals surface area contributed by atoms with Gasteiger partial charge in [0.05, 0.1) is 24.5 Å². The van der Waals surface area contributed by atoms with E-state index in [0.717, 1.165) is 16.9 Å². The van der Waals surface area contributed by atoms with Gasteiger partial charge in [-0.15, -0.1) is 10.2 Å². The quantitative estimate of drug-likeness (QED) is 0.441. The summed E-state index contributed by atoms with van der Waals surface area (Å²) in [5, 5.41) is 18.7. The van der Waals surface area contributed by atoms with Gasteiger partial charge in [0, 0.05) is 16.1 Å². The Morgan fingerprint density at radius 2 is 2.03 bits per heavy atom. The molecule has 0 fully saturated rings. The van der Waals surface area contributed by atoms with Crippen molar-refractivity contribution >= 4 is 11.6 Å². The topological polar surface area (TPSA) is 81.5 Å². The first-order chi connectivity index (χ1) is 14.7. The minimum atomic E-state index is -0.316. The number of aromatic nitrogens is 5. The van der Waals surface area contributed by atoms with E-state index >= 15 is 0 Å². The third kappa shape index (κ3) is 3.05. The molecular weight excluding hydrogens is 407 g/mol. The van der Waals surface area contributed by atoms with Gasteiger partial charge in [-0.3, -0.25) is 4.57 Å². The van der Waals surface area contributed by atoms with Crippen molar-refractivity contribution in [1.82, 2.24) is 24.3 Å². The van der Waals surface area contributed by atoms with Gasteiger partial charge in [-0.25, -0.2) is 9.37 Å². The maximum absolute atomic E-state index is 13.8. The third-order valence-corrected chi connectivity index (χ3v) is 5.25. The van der Waals surface area contributed by atoms with Crippen LogP contribution in [0.4, 0.5) is 4.39 Å². The zero-order valence-corrected chi connectivity index (χ0v) is 16.3. The van der Waals surface area contributed by atoms with Crippen LogP contribution in [0.1, 0.15) is 22.8 Å². The molecule has 0 unspecified atom stereocenters. The van der Waals surface area contributed by atoms with E-state index in [9.17, 15) is 9.65 Å². The monoisotopic (exact) mass is 420 g/mol. The van der Waals surface area contributed by atoms with Gasteiger partial charge in [0.25, 0.3) is 0 Å². The van der Waals surface area contributed by atoms with Gasteiger partial charge < -0.3 is 9.30 Å². The molecule has 3 heterocycles. The first-order valence-electron chi connectivity index (χ1n) is 9.15. The Morgan fingerprint density at radius 3 is 2.87 bits per heavy atom. The second-order valence-corrected chi connectivity index (χ2v) is 7.23. The zero-order valence-electron chi connectivity index (χ0n) is 15.6. The van der Waals surface area contributed by atoms with Crippen LogP contribution in [0.2, 0.25) is 5.02 Å². The molecule has 0 radical (unpaired) electrons. The number of nitriles is 1. The summed E-state index contributed by atoms with van der Waals surface area (Å²) in [6.07, 6.45) is 1.62. The van der Waals surface area contributed by atoms with E-state index in [4.69, 9.17) is 16.3 Å². The highest BCUT2D eigenvalue weighted by Crippen LogP contribution is 2.34. The van der Waals surface area contributed by atoms with Gasteiger partial charge in [-0.2, -0.15) is 5.26 Å². The van der Waals surface area contributed by atoms with Crippen molar-refractivity contribution in [2.24, 2.45) is 0 Å². The Bertz CT molecular complexity index is 1310. The fourth-order valence-corrected chi connectivity index (χ4v) is 3.72. The average Bonchev–Trinajstić information content (AvgIpc) is 3.31. The van der Waals surface area contributed by atoms with Crippen molar-refractivity contribution in [3.8, 4) is 23.1 Å². The number of fused-ring (bicyclic) bond motifs is 5. The molecule has 0 spiro atoms. The molecule has 9 heteroatoms. The summed E-state index contributed by atoms with van der Waals surface area (Å²) in [4.78, 5) is 4.22. The van der Waals surface area contributed by atoms with E-state index in [2.05, 4.69) is 21.3 Å². The number of nitrogens with zero attached hydrogens (tertiary/aromatic N) is 6. The molecule has 0 atom stereocenters. The molecule has 2 aromatic carbocycles. The van der Waals surface area contributed by atoms with Crippen LogP contribution in [0.5, 0.6) is 0 Å². The summed E-state index contributed by atoms with van der Waals surface area (Å²) in [6.45, 7) is 0.585. The highest BCUT2D eigenvalue weighted by Gasteiger charge is 2.26. The van der Waals surface area contributed by atoms with E-state index in [-0.39, 0.29) is 19.0 Å². The van der Waals surface area contributed by atoms with Gasteiger partial charge in [0.1, 0.15) is 24.8 Å². The van der Waals surface area contributed by atoms with Crippen LogP contribution in [0.15, 0.2) is 48.8 Å². The van der Waals surface area contributed by atoms with Gasteiger partial charge in [0.15, 0.2) is 17.3 Å². The van der Waals surface area contributed by atoms with Crippen molar-refractivity contribution < 1.29 is 9.13 Å². The second kappa shape index (κ2) is 7.37. The van der Waals surface area contributed by atoms with E-state index in [0.29, 0.717) is 34.5 Å². The van der Waals surface area contributed by atoms with Crippen LogP contribution in [0, 0.1) is 17.1 Å². The normalized spacial score (nSPS) is 11.9. The Kier molecular flexibility index (Phi) is 4.54. The van der Waals surface area contributed by atoms with Gasteiger partial charge in [-0.05, 0) is 24.3 Å². The molecule has 1 aliphatic heterocycles. The fourth-order valence-electron chi connectivity index (χ4n) is 3.55. The van der Waals surface area contributed by atoms with Gasteiger partial charge in [-0.1, -0.05) is 29.8 Å². The number of rotatable bonds is 4. The Labute approximate surface area is 175 Å². The maximum atomic E-state index is 13.8. The number of hydrogen-bond donors (Lipinski definition) is 0. The molecular formula is C21H14ClFN6O. The van der Waals surface area contributed by atoms with E-state index in [1.807, 2.05) is 21.3 Å². The fraction of sp³-hybridized carbons (Fsp3) is 0.143. The minimum Gasteiger partial charge on any atom is -0.369 e. The van der Waals surface area contributed by atoms with Crippen molar-refractivity contribution in [3.05, 3.63) is 82.4 Å². The largest absolute Gasteiger partial charge is 0.369 e. The molecule has 2 aromatic heterocycles. The summed E-state index contributed by atoms with van der Waals surface area (Å²) in [5.41, 5.74) is 3.10. The van der Waals surface area contributed by atoms with Crippen LogP contribution in [0.3, 0.4) is 0 Å². The average molecular weight is 421 g/mol. The summed E-state index contributed by atoms with van der Waals surface area (Å²) in [5.74, 6) is 0.860. The molecule has 148 valence electrons. The molecule has 0 saturated heterocycles. The number of ether oxygens (including phenoxy) is 1. The lowest BCUT2D eigenvalue weighted by Crippen LogP contribution is -2.10. The molecule has 30 heavy (non-hydrogen) atoms. The zero-order chi connectivity index (χ0) is 20.7. The minimum absolute atomic E-state index is 0.110. The van der Waals surface area contributed by atoms with Crippen molar-refractivity contribution in [2.45, 2.75) is 19.8 Å². The van der Waals surface area contributed by atoms with Gasteiger partial charge in [0.2, 0.25) is 0 Å². The molecule has 7 nitrogen and oxygen atoms in total. The summed E-state index contributed by atoms with van der Waals surface area (Å²) in [6, 6.07) is 14.1. The number of benzene rings is 2. The predicted octanol–water partition coefficient (Wildman–Crippen LogP) is 3.87. The summed E-state index contributed by atoms with van der Waals surface area (Å²) >= 11 is 6.23. The second-order valence-electron chi connectivity index (χ2n) is 6.79. The Balaban J connectivity index is 1.53. The molecule has 0 N–H and O–H groups in total. The number of imidazole rings is 1. The highest BCUT2D eigenvalue weighted by atomic mass is 35.5. The lowest BCUT2D eigenvalue weighted by atomic mass is 10.1. The van der Waals surface area contributed by atoms with Crippen molar-refractivity contribution in [2.75, 3.05) is 0 Å². The lowest BCUT2D eigenvalue weighted by molar-refractivity contribution is 0.0972. The van der Waals surface area contributed by atoms with Crippen LogP contribution in [-0.4, -0.2) is 24.3 Å². The van der Waals surface area contributed by atoms with Crippen LogP contribution in [-0.2, 0) is 24.5 Å². The van der Waals surface area contributed by atoms with Gasteiger partial charge >= 0.3 is 0 Å². The van der Waals surface area contributed by atoms with Crippen molar-refractivity contribution in [1.29, 1.82) is 5.26 Å². The van der Waals surface area contributed by atoms with E-state index in [1.54, 1.807) is 30.6 Å². The third-order valence-electron chi connectivity index (χ3n) is 5.01. The molecule has 0 saturated carbocycles. The molecule has 0 amide bonds. The molecule has 4 aromatic rings. The Morgan fingerprint density at radius 1 is 1.17 bits per heavy atom. The smallest absolute Gasteiger partial charge is 0.166 e. The molecule has 5 rings (SSSR count). The SMILES string of the molecule is N#Cc1ncn2c1Cn1c(COCc3ccccc3F)nnc1-c1cc(Cl)ccc1-2. The first kappa shape index (κ1) is 18.5. The maximum Gasteiger partial charge on any atom is 0.166 e. The number of halogens is 2. The van der Waals surface area contributed by atoms with E-state index < -0.39 is 0 Å². The molecule has 0 aliphatic carbocycles. The first-order valence-corrected chi connectivity index (χ1v) is 9.53. The number of hydrogen-bond acceptors (Lipinski definition) is 5. The van der Waals surface area contributed by atoms with E-state index in [1.165, 1.54) is 6.07 Å². The standard InChI is InChI=1S/C21H14ClFN6O/c22-14-5-6-18-15(7-14)21-27-26-20(11-30-10-13-3-1-2-4-16(13)23)28(21)9-19-17(8-24)25-12-29(18)19/h1-7,12H,9-11H2. The van der Waals surface area contributed by atoms with Crippen molar-refractivity contribution in [3.63, 3.8) is 0 Å². The lowest BCUT2D eigenvalue weighted by Gasteiger charge is -2.09. The summed E-state index contributed by atoms with van der Waals surface area (Å²) in [7, 11) is 0. The van der Waals surface area contributed by atoms with Crippen LogP contribution >= 0.6 is 11.6 Å². The summed E-state index contributed by atoms with van der Waals surface area (Å²) < 4.78 is 23.3. The molecule has 1 aliphatic rings. The molecule has 0 bridgehead atoms. The predicted molar refractivity (Wildman–Crippen MR) is 106 cm³/mol.